The number of nitrogens with zero attached hydrogens (tertiary/aromatic N) is 2. The van der Waals surface area contributed by atoms with Gasteiger partial charge in [-0.05, 0) is 12.1 Å². The van der Waals surface area contributed by atoms with E-state index in [9.17, 15) is 5.11 Å². The van der Waals surface area contributed by atoms with Crippen molar-refractivity contribution in [3.05, 3.63) is 41.6 Å². The van der Waals surface area contributed by atoms with E-state index in [4.69, 9.17) is 4.42 Å². The highest BCUT2D eigenvalue weighted by molar-refractivity contribution is 5.30. The van der Waals surface area contributed by atoms with Gasteiger partial charge in [-0.15, -0.1) is 0 Å². The molecule has 0 aliphatic heterocycles. The van der Waals surface area contributed by atoms with Crippen LogP contribution in [0.5, 0.6) is 0 Å². The number of hydrogen-bond donors (Lipinski definition) is 1. The Hall–Kier alpha value is -1.55. The number of furan rings is 1. The molecule has 2 aromatic rings. The van der Waals surface area contributed by atoms with E-state index in [0.29, 0.717) is 5.76 Å². The highest BCUT2D eigenvalue weighted by Crippen LogP contribution is 2.31. The van der Waals surface area contributed by atoms with E-state index in [1.54, 1.807) is 23.1 Å². The fraction of sp³-hybridized carbons (Fsp3) is 0.462. The highest BCUT2D eigenvalue weighted by Gasteiger charge is 2.27. The number of aryl methyl sites for hydroxylation is 1. The van der Waals surface area contributed by atoms with E-state index in [1.165, 1.54) is 0 Å². The van der Waals surface area contributed by atoms with Crippen molar-refractivity contribution in [2.24, 2.45) is 7.05 Å². The quantitative estimate of drug-likeness (QED) is 0.868. The first-order chi connectivity index (χ1) is 7.89. The second kappa shape index (κ2) is 4.04. The fourth-order valence-electron chi connectivity index (χ4n) is 1.89. The van der Waals surface area contributed by atoms with Gasteiger partial charge in [-0.1, -0.05) is 20.8 Å². The van der Waals surface area contributed by atoms with E-state index in [-0.39, 0.29) is 5.41 Å². The summed E-state index contributed by atoms with van der Waals surface area (Å²) >= 11 is 0. The van der Waals surface area contributed by atoms with Crippen LogP contribution in [0.1, 0.15) is 43.9 Å². The zero-order valence-corrected chi connectivity index (χ0v) is 10.6. The Morgan fingerprint density at radius 3 is 2.65 bits per heavy atom. The van der Waals surface area contributed by atoms with Crippen LogP contribution < -0.4 is 0 Å². The fourth-order valence-corrected chi connectivity index (χ4v) is 1.89. The van der Waals surface area contributed by atoms with Gasteiger partial charge in [0, 0.05) is 24.2 Å². The molecule has 0 fully saturated rings. The monoisotopic (exact) mass is 234 g/mol. The van der Waals surface area contributed by atoms with E-state index < -0.39 is 6.10 Å². The lowest BCUT2D eigenvalue weighted by Crippen LogP contribution is -2.16. The highest BCUT2D eigenvalue weighted by atomic mass is 16.4. The van der Waals surface area contributed by atoms with Crippen molar-refractivity contribution in [3.8, 4) is 0 Å². The summed E-state index contributed by atoms with van der Waals surface area (Å²) < 4.78 is 6.96. The molecule has 0 amide bonds. The van der Waals surface area contributed by atoms with Crippen LogP contribution in [0.3, 0.4) is 0 Å². The third-order valence-corrected chi connectivity index (χ3v) is 2.67. The summed E-state index contributed by atoms with van der Waals surface area (Å²) in [6.45, 7) is 6.23. The molecule has 0 aliphatic carbocycles. The molecule has 2 heterocycles. The molecular formula is C13H18N2O2. The van der Waals surface area contributed by atoms with Crippen molar-refractivity contribution in [2.45, 2.75) is 32.3 Å². The molecule has 4 nitrogen and oxygen atoms in total. The first kappa shape index (κ1) is 11.9. The second-order valence-electron chi connectivity index (χ2n) is 5.27. The van der Waals surface area contributed by atoms with Crippen LogP contribution in [0.4, 0.5) is 0 Å². The first-order valence-electron chi connectivity index (χ1n) is 5.65. The molecule has 0 aromatic carbocycles. The Labute approximate surface area is 101 Å². The molecule has 1 N–H and O–H groups in total. The van der Waals surface area contributed by atoms with E-state index >= 15 is 0 Å². The van der Waals surface area contributed by atoms with Crippen molar-refractivity contribution in [1.29, 1.82) is 0 Å². The molecule has 2 rings (SSSR count). The van der Waals surface area contributed by atoms with E-state index in [2.05, 4.69) is 25.9 Å². The van der Waals surface area contributed by atoms with Crippen LogP contribution in [0, 0.1) is 0 Å². The molecule has 1 atom stereocenters. The van der Waals surface area contributed by atoms with Crippen molar-refractivity contribution in [3.63, 3.8) is 0 Å². The lowest BCUT2D eigenvalue weighted by Gasteiger charge is -2.19. The average Bonchev–Trinajstić information content (AvgIpc) is 2.83. The normalized spacial score (nSPS) is 13.9. The summed E-state index contributed by atoms with van der Waals surface area (Å²) in [6.07, 6.45) is 2.65. The lowest BCUT2D eigenvalue weighted by molar-refractivity contribution is 0.187. The third kappa shape index (κ3) is 2.26. The molecule has 92 valence electrons. The van der Waals surface area contributed by atoms with Crippen molar-refractivity contribution >= 4 is 0 Å². The van der Waals surface area contributed by atoms with Crippen molar-refractivity contribution in [2.75, 3.05) is 0 Å². The molecule has 0 spiro atoms. The molecule has 0 aliphatic rings. The standard InChI is InChI=1S/C13H18N2O2/c1-13(2,3)12-9(8-15(4)14-12)11(16)10-6-5-7-17-10/h5-8,11,16H,1-4H3. The zero-order chi connectivity index (χ0) is 12.6. The van der Waals surface area contributed by atoms with Crippen molar-refractivity contribution < 1.29 is 9.52 Å². The molecule has 0 saturated heterocycles. The van der Waals surface area contributed by atoms with Gasteiger partial charge in [0.05, 0.1) is 12.0 Å². The van der Waals surface area contributed by atoms with Crippen LogP contribution in [0.15, 0.2) is 29.0 Å². The molecule has 0 radical (unpaired) electrons. The Kier molecular flexibility index (Phi) is 2.83. The van der Waals surface area contributed by atoms with Crippen LogP contribution in [0.2, 0.25) is 0 Å². The SMILES string of the molecule is Cn1cc(C(O)c2ccco2)c(C(C)(C)C)n1. The molecule has 2 aromatic heterocycles. The van der Waals surface area contributed by atoms with E-state index in [0.717, 1.165) is 11.3 Å². The maximum atomic E-state index is 10.3. The Morgan fingerprint density at radius 1 is 1.41 bits per heavy atom. The smallest absolute Gasteiger partial charge is 0.140 e. The first-order valence-corrected chi connectivity index (χ1v) is 5.65. The summed E-state index contributed by atoms with van der Waals surface area (Å²) in [6, 6.07) is 3.54. The zero-order valence-electron chi connectivity index (χ0n) is 10.6. The minimum Gasteiger partial charge on any atom is -0.466 e. The predicted molar refractivity (Wildman–Crippen MR) is 64.7 cm³/mol. The van der Waals surface area contributed by atoms with Gasteiger partial charge < -0.3 is 9.52 Å². The van der Waals surface area contributed by atoms with Gasteiger partial charge in [0.25, 0.3) is 0 Å². The molecule has 4 heteroatoms. The van der Waals surface area contributed by atoms with Gasteiger partial charge in [0.1, 0.15) is 11.9 Å². The number of hydrogen-bond acceptors (Lipinski definition) is 3. The molecule has 17 heavy (non-hydrogen) atoms. The second-order valence-corrected chi connectivity index (χ2v) is 5.27. The summed E-state index contributed by atoms with van der Waals surface area (Å²) in [5.41, 5.74) is 1.59. The van der Waals surface area contributed by atoms with Gasteiger partial charge in [0.15, 0.2) is 0 Å². The number of aromatic nitrogens is 2. The summed E-state index contributed by atoms with van der Waals surface area (Å²) in [7, 11) is 1.85. The average molecular weight is 234 g/mol. The van der Waals surface area contributed by atoms with Crippen LogP contribution in [-0.4, -0.2) is 14.9 Å². The maximum absolute atomic E-state index is 10.3. The van der Waals surface area contributed by atoms with Crippen LogP contribution >= 0.6 is 0 Å². The topological polar surface area (TPSA) is 51.2 Å². The number of rotatable bonds is 2. The van der Waals surface area contributed by atoms with Gasteiger partial charge in [-0.25, -0.2) is 0 Å². The van der Waals surface area contributed by atoms with Crippen LogP contribution in [-0.2, 0) is 12.5 Å². The maximum Gasteiger partial charge on any atom is 0.140 e. The lowest BCUT2D eigenvalue weighted by atomic mass is 9.88. The third-order valence-electron chi connectivity index (χ3n) is 2.67. The summed E-state index contributed by atoms with van der Waals surface area (Å²) in [4.78, 5) is 0. The van der Waals surface area contributed by atoms with Crippen LogP contribution in [0.25, 0.3) is 0 Å². The summed E-state index contributed by atoms with van der Waals surface area (Å²) in [5.74, 6) is 0.545. The van der Waals surface area contributed by atoms with Crippen molar-refractivity contribution in [1.82, 2.24) is 9.78 Å². The van der Waals surface area contributed by atoms with Gasteiger partial charge in [0.2, 0.25) is 0 Å². The largest absolute Gasteiger partial charge is 0.466 e. The van der Waals surface area contributed by atoms with E-state index in [1.807, 2.05) is 13.2 Å². The summed E-state index contributed by atoms with van der Waals surface area (Å²) in [5, 5.41) is 14.7. The molecule has 0 saturated carbocycles. The molecule has 0 bridgehead atoms. The van der Waals surface area contributed by atoms with Gasteiger partial charge in [-0.3, -0.25) is 4.68 Å². The Balaban J connectivity index is 2.45. The predicted octanol–water partition coefficient (Wildman–Crippen LogP) is 2.39. The van der Waals surface area contributed by atoms with Gasteiger partial charge >= 0.3 is 0 Å². The Bertz CT molecular complexity index is 492. The number of aliphatic hydroxyl groups excluding tert-OH is 1. The number of aliphatic hydroxyl groups is 1. The molecule has 1 unspecified atom stereocenters. The minimum absolute atomic E-state index is 0.107. The van der Waals surface area contributed by atoms with Gasteiger partial charge in [-0.2, -0.15) is 5.10 Å². The Morgan fingerprint density at radius 2 is 2.12 bits per heavy atom. The molecular weight excluding hydrogens is 216 g/mol. The minimum atomic E-state index is -0.757.